The van der Waals surface area contributed by atoms with Crippen molar-refractivity contribution in [1.82, 2.24) is 5.48 Å². The molecule has 0 bridgehead atoms. The van der Waals surface area contributed by atoms with E-state index in [9.17, 15) is 13.2 Å². The fourth-order valence-electron chi connectivity index (χ4n) is 4.03. The average Bonchev–Trinajstić information content (AvgIpc) is 2.89. The Hall–Kier alpha value is -2.11. The van der Waals surface area contributed by atoms with E-state index in [0.717, 1.165) is 17.7 Å². The van der Waals surface area contributed by atoms with Gasteiger partial charge in [0.25, 0.3) is 5.91 Å². The SMILES string of the molecule is CSc1ccc(Oc2ccc(S(=O)(=O)C3(C(=O)NOC4CCCCO4)CCOCC3)cc2)cc1. The molecule has 4 rings (SSSR count). The summed E-state index contributed by atoms with van der Waals surface area (Å²) in [4.78, 5) is 19.8. The second kappa shape index (κ2) is 11.1. The highest BCUT2D eigenvalue weighted by atomic mass is 32.2. The second-order valence-electron chi connectivity index (χ2n) is 8.20. The van der Waals surface area contributed by atoms with Gasteiger partial charge in [0.15, 0.2) is 20.9 Å². The van der Waals surface area contributed by atoms with Gasteiger partial charge in [-0.25, -0.2) is 18.7 Å². The van der Waals surface area contributed by atoms with Crippen LogP contribution < -0.4 is 10.2 Å². The number of hydrogen-bond donors (Lipinski definition) is 1. The average molecular weight is 508 g/mol. The van der Waals surface area contributed by atoms with Gasteiger partial charge in [-0.05, 0) is 80.5 Å². The third kappa shape index (κ3) is 5.41. The summed E-state index contributed by atoms with van der Waals surface area (Å²) < 4.78 is 42.4. The van der Waals surface area contributed by atoms with E-state index in [1.54, 1.807) is 23.9 Å². The van der Waals surface area contributed by atoms with E-state index >= 15 is 0 Å². The van der Waals surface area contributed by atoms with E-state index < -0.39 is 26.8 Å². The molecule has 10 heteroatoms. The molecule has 2 aliphatic heterocycles. The van der Waals surface area contributed by atoms with Crippen molar-refractivity contribution < 1.29 is 32.3 Å². The van der Waals surface area contributed by atoms with Crippen LogP contribution in [0.4, 0.5) is 0 Å². The molecule has 0 spiro atoms. The standard InChI is InChI=1S/C24H29NO7S2/c1-33-20-9-5-18(6-10-20)31-19-7-11-21(12-8-19)34(27,28)24(13-16-29-17-14-24)23(26)25-32-22-4-2-3-15-30-22/h5-12,22H,2-4,13-17H2,1H3,(H,25,26). The monoisotopic (exact) mass is 507 g/mol. The zero-order valence-corrected chi connectivity index (χ0v) is 20.7. The van der Waals surface area contributed by atoms with Gasteiger partial charge in [-0.2, -0.15) is 0 Å². The van der Waals surface area contributed by atoms with Gasteiger partial charge >= 0.3 is 0 Å². The first kappa shape index (κ1) is 25.0. The number of thioether (sulfide) groups is 1. The summed E-state index contributed by atoms with van der Waals surface area (Å²) in [5.74, 6) is 0.453. The minimum Gasteiger partial charge on any atom is -0.457 e. The van der Waals surface area contributed by atoms with Gasteiger partial charge in [-0.15, -0.1) is 11.8 Å². The van der Waals surface area contributed by atoms with Crippen molar-refractivity contribution >= 4 is 27.5 Å². The number of hydroxylamine groups is 1. The van der Waals surface area contributed by atoms with Crippen LogP contribution in [0.1, 0.15) is 32.1 Å². The zero-order chi connectivity index (χ0) is 24.0. The van der Waals surface area contributed by atoms with E-state index in [1.165, 1.54) is 12.1 Å². The van der Waals surface area contributed by atoms with Crippen molar-refractivity contribution in [3.05, 3.63) is 48.5 Å². The number of carbonyl (C=O) groups is 1. The molecule has 2 aromatic rings. The first-order chi connectivity index (χ1) is 16.4. The molecule has 8 nitrogen and oxygen atoms in total. The first-order valence-electron chi connectivity index (χ1n) is 11.3. The number of carbonyl (C=O) groups excluding carboxylic acids is 1. The number of hydrogen-bond acceptors (Lipinski definition) is 8. The quantitative estimate of drug-likeness (QED) is 0.421. The largest absolute Gasteiger partial charge is 0.457 e. The smallest absolute Gasteiger partial charge is 0.265 e. The summed E-state index contributed by atoms with van der Waals surface area (Å²) in [6.45, 7) is 0.883. The van der Waals surface area contributed by atoms with Crippen LogP contribution in [0.15, 0.2) is 58.3 Å². The van der Waals surface area contributed by atoms with Crippen LogP contribution in [0.2, 0.25) is 0 Å². The van der Waals surface area contributed by atoms with Gasteiger partial charge in [-0.1, -0.05) is 0 Å². The fraction of sp³-hybridized carbons (Fsp3) is 0.458. The normalized spacial score (nSPS) is 20.4. The second-order valence-corrected chi connectivity index (χ2v) is 11.3. The Morgan fingerprint density at radius 2 is 1.65 bits per heavy atom. The van der Waals surface area contributed by atoms with E-state index in [1.807, 2.05) is 30.5 Å². The molecule has 2 fully saturated rings. The van der Waals surface area contributed by atoms with E-state index in [2.05, 4.69) is 5.48 Å². The third-order valence-corrected chi connectivity index (χ3v) is 9.34. The molecule has 0 aromatic heterocycles. The maximum absolute atomic E-state index is 13.7. The summed E-state index contributed by atoms with van der Waals surface area (Å²) in [6, 6.07) is 13.7. The topological polar surface area (TPSA) is 100 Å². The predicted molar refractivity (Wildman–Crippen MR) is 128 cm³/mol. The van der Waals surface area contributed by atoms with Crippen molar-refractivity contribution in [1.29, 1.82) is 0 Å². The summed E-state index contributed by atoms with van der Waals surface area (Å²) in [5, 5.41) is 0. The number of amides is 1. The molecule has 1 amide bonds. The lowest BCUT2D eigenvalue weighted by Gasteiger charge is -2.35. The Morgan fingerprint density at radius 1 is 1.00 bits per heavy atom. The molecule has 2 saturated heterocycles. The van der Waals surface area contributed by atoms with Crippen LogP contribution in [-0.4, -0.2) is 51.4 Å². The molecule has 34 heavy (non-hydrogen) atoms. The molecule has 1 unspecified atom stereocenters. The highest BCUT2D eigenvalue weighted by Gasteiger charge is 2.52. The lowest BCUT2D eigenvalue weighted by atomic mass is 9.98. The first-order valence-corrected chi connectivity index (χ1v) is 14.0. The molecule has 0 saturated carbocycles. The molecule has 1 N–H and O–H groups in total. The molecular formula is C24H29NO7S2. The van der Waals surface area contributed by atoms with Crippen molar-refractivity contribution in [3.63, 3.8) is 0 Å². The minimum atomic E-state index is -4.05. The van der Waals surface area contributed by atoms with Gasteiger partial charge in [-0.3, -0.25) is 4.79 Å². The van der Waals surface area contributed by atoms with Crippen molar-refractivity contribution in [2.24, 2.45) is 0 Å². The molecule has 2 heterocycles. The maximum Gasteiger partial charge on any atom is 0.265 e. The van der Waals surface area contributed by atoms with Crippen molar-refractivity contribution in [2.75, 3.05) is 26.1 Å². The van der Waals surface area contributed by atoms with Crippen LogP contribution in [0.5, 0.6) is 11.5 Å². The summed E-state index contributed by atoms with van der Waals surface area (Å²) in [7, 11) is -4.05. The molecule has 184 valence electrons. The Kier molecular flexibility index (Phi) is 8.15. The van der Waals surface area contributed by atoms with Gasteiger partial charge < -0.3 is 14.2 Å². The lowest BCUT2D eigenvalue weighted by Crippen LogP contribution is -2.56. The Labute approximate surface area is 204 Å². The minimum absolute atomic E-state index is 0.0378. The summed E-state index contributed by atoms with van der Waals surface area (Å²) in [5.41, 5.74) is 2.37. The summed E-state index contributed by atoms with van der Waals surface area (Å²) in [6.07, 6.45) is 4.01. The predicted octanol–water partition coefficient (Wildman–Crippen LogP) is 4.10. The molecule has 2 aromatic carbocycles. The lowest BCUT2D eigenvalue weighted by molar-refractivity contribution is -0.202. The summed E-state index contributed by atoms with van der Waals surface area (Å²) >= 11 is 1.64. The molecule has 0 aliphatic carbocycles. The van der Waals surface area contributed by atoms with Gasteiger partial charge in [0, 0.05) is 31.1 Å². The number of ether oxygens (including phenoxy) is 3. The molecular weight excluding hydrogens is 478 g/mol. The van der Waals surface area contributed by atoms with Crippen LogP contribution >= 0.6 is 11.8 Å². The number of nitrogens with one attached hydrogen (secondary N) is 1. The third-order valence-electron chi connectivity index (χ3n) is 6.08. The van der Waals surface area contributed by atoms with E-state index in [0.29, 0.717) is 24.5 Å². The highest BCUT2D eigenvalue weighted by Crippen LogP contribution is 2.36. The molecule has 2 aliphatic rings. The van der Waals surface area contributed by atoms with Crippen LogP contribution in [-0.2, 0) is 28.9 Å². The zero-order valence-electron chi connectivity index (χ0n) is 19.0. The van der Waals surface area contributed by atoms with Gasteiger partial charge in [0.05, 0.1) is 4.90 Å². The molecule has 0 radical (unpaired) electrons. The van der Waals surface area contributed by atoms with Crippen LogP contribution in [0.3, 0.4) is 0 Å². The van der Waals surface area contributed by atoms with Gasteiger partial charge in [0.2, 0.25) is 0 Å². The fourth-order valence-corrected chi connectivity index (χ4v) is 6.37. The van der Waals surface area contributed by atoms with E-state index in [4.69, 9.17) is 19.0 Å². The number of sulfone groups is 1. The number of benzene rings is 2. The Morgan fingerprint density at radius 3 is 2.24 bits per heavy atom. The molecule has 1 atom stereocenters. The van der Waals surface area contributed by atoms with Crippen LogP contribution in [0, 0.1) is 0 Å². The Balaban J connectivity index is 1.50. The Bertz CT molecular complexity index is 1060. The van der Waals surface area contributed by atoms with Crippen molar-refractivity contribution in [3.8, 4) is 11.5 Å². The maximum atomic E-state index is 13.7. The van der Waals surface area contributed by atoms with Crippen molar-refractivity contribution in [2.45, 2.75) is 52.9 Å². The highest BCUT2D eigenvalue weighted by molar-refractivity contribution is 7.98. The van der Waals surface area contributed by atoms with Gasteiger partial charge in [0.1, 0.15) is 11.5 Å². The van der Waals surface area contributed by atoms with E-state index in [-0.39, 0.29) is 31.0 Å². The van der Waals surface area contributed by atoms with Crippen LogP contribution in [0.25, 0.3) is 0 Å². The number of rotatable bonds is 8.